The van der Waals surface area contributed by atoms with Crippen LogP contribution in [0.4, 0.5) is 11.4 Å². The van der Waals surface area contributed by atoms with Gasteiger partial charge in [0, 0.05) is 19.5 Å². The molecule has 1 amide bonds. The molecule has 0 aliphatic rings. The number of methoxy groups -OCH3 is 1. The third kappa shape index (κ3) is 2.87. The first-order chi connectivity index (χ1) is 8.93. The van der Waals surface area contributed by atoms with E-state index in [-0.39, 0.29) is 29.4 Å². The highest BCUT2D eigenvalue weighted by Crippen LogP contribution is 2.32. The minimum absolute atomic E-state index is 0.00579. The van der Waals surface area contributed by atoms with Crippen molar-refractivity contribution in [3.05, 3.63) is 33.9 Å². The lowest BCUT2D eigenvalue weighted by molar-refractivity contribution is -0.384. The van der Waals surface area contributed by atoms with Crippen LogP contribution in [0.1, 0.15) is 24.2 Å². The van der Waals surface area contributed by atoms with Crippen molar-refractivity contribution in [2.75, 3.05) is 18.6 Å². The van der Waals surface area contributed by atoms with Gasteiger partial charge in [-0.05, 0) is 13.0 Å². The highest BCUT2D eigenvalue weighted by molar-refractivity contribution is 6.04. The van der Waals surface area contributed by atoms with E-state index in [0.717, 1.165) is 0 Å². The van der Waals surface area contributed by atoms with Crippen LogP contribution in [0.5, 0.6) is 0 Å². The zero-order chi connectivity index (χ0) is 14.6. The van der Waals surface area contributed by atoms with Gasteiger partial charge in [0.15, 0.2) is 0 Å². The average Bonchev–Trinajstić information content (AvgIpc) is 2.38. The van der Waals surface area contributed by atoms with Gasteiger partial charge in [-0.15, -0.1) is 0 Å². The maximum atomic E-state index is 11.7. The SMILES string of the molecule is CCN(C(C)=O)c1c(C(=O)OC)cccc1[N+](=O)[O-]. The van der Waals surface area contributed by atoms with Gasteiger partial charge >= 0.3 is 5.97 Å². The van der Waals surface area contributed by atoms with E-state index in [0.29, 0.717) is 0 Å². The maximum absolute atomic E-state index is 11.7. The molecule has 0 saturated heterocycles. The molecule has 0 radical (unpaired) electrons. The summed E-state index contributed by atoms with van der Waals surface area (Å²) in [6, 6.07) is 4.01. The summed E-state index contributed by atoms with van der Waals surface area (Å²) in [6.45, 7) is 3.16. The Morgan fingerprint density at radius 2 is 2.05 bits per heavy atom. The van der Waals surface area contributed by atoms with E-state index in [4.69, 9.17) is 0 Å². The molecule has 1 aromatic carbocycles. The van der Waals surface area contributed by atoms with Crippen LogP contribution in [-0.4, -0.2) is 30.5 Å². The number of benzene rings is 1. The topological polar surface area (TPSA) is 89.8 Å². The van der Waals surface area contributed by atoms with Gasteiger partial charge in [0.25, 0.3) is 5.69 Å². The summed E-state index contributed by atoms with van der Waals surface area (Å²) in [4.78, 5) is 34.8. The number of nitro groups is 1. The quantitative estimate of drug-likeness (QED) is 0.470. The number of anilines is 1. The van der Waals surface area contributed by atoms with Crippen LogP contribution >= 0.6 is 0 Å². The minimum atomic E-state index is -0.724. The molecule has 7 nitrogen and oxygen atoms in total. The van der Waals surface area contributed by atoms with E-state index in [1.807, 2.05) is 0 Å². The Bertz CT molecular complexity index is 527. The highest BCUT2D eigenvalue weighted by Gasteiger charge is 2.28. The number of rotatable bonds is 4. The average molecular weight is 266 g/mol. The van der Waals surface area contributed by atoms with Crippen LogP contribution in [0.3, 0.4) is 0 Å². The van der Waals surface area contributed by atoms with Crippen molar-refractivity contribution in [2.45, 2.75) is 13.8 Å². The lowest BCUT2D eigenvalue weighted by Crippen LogP contribution is -2.30. The number of ether oxygens (including phenoxy) is 1. The summed E-state index contributed by atoms with van der Waals surface area (Å²) in [7, 11) is 1.18. The van der Waals surface area contributed by atoms with E-state index in [2.05, 4.69) is 4.74 Å². The van der Waals surface area contributed by atoms with Crippen molar-refractivity contribution < 1.29 is 19.2 Å². The van der Waals surface area contributed by atoms with Gasteiger partial charge in [0.05, 0.1) is 17.6 Å². The molecule has 0 unspecified atom stereocenters. The Kier molecular flexibility index (Phi) is 4.57. The Balaban J connectivity index is 3.58. The lowest BCUT2D eigenvalue weighted by Gasteiger charge is -2.21. The summed E-state index contributed by atoms with van der Waals surface area (Å²) in [6.07, 6.45) is 0. The highest BCUT2D eigenvalue weighted by atomic mass is 16.6. The Morgan fingerprint density at radius 3 is 2.47 bits per heavy atom. The molecule has 0 heterocycles. The fraction of sp³-hybridized carbons (Fsp3) is 0.333. The Hall–Kier alpha value is -2.44. The first-order valence-corrected chi connectivity index (χ1v) is 5.57. The van der Waals surface area contributed by atoms with Crippen LogP contribution < -0.4 is 4.90 Å². The third-order valence-corrected chi connectivity index (χ3v) is 2.58. The first-order valence-electron chi connectivity index (χ1n) is 5.57. The molecule has 0 saturated carbocycles. The third-order valence-electron chi connectivity index (χ3n) is 2.58. The predicted octanol–water partition coefficient (Wildman–Crippen LogP) is 1.75. The van der Waals surface area contributed by atoms with Gasteiger partial charge in [-0.3, -0.25) is 14.9 Å². The number of nitrogens with zero attached hydrogens (tertiary/aromatic N) is 2. The van der Waals surface area contributed by atoms with Crippen molar-refractivity contribution in [3.63, 3.8) is 0 Å². The number of carbonyl (C=O) groups is 2. The van der Waals surface area contributed by atoms with Gasteiger partial charge in [-0.25, -0.2) is 4.79 Å². The van der Waals surface area contributed by atoms with Crippen molar-refractivity contribution in [1.82, 2.24) is 0 Å². The minimum Gasteiger partial charge on any atom is -0.465 e. The van der Waals surface area contributed by atoms with E-state index in [1.165, 1.54) is 37.1 Å². The fourth-order valence-electron chi connectivity index (χ4n) is 1.78. The van der Waals surface area contributed by atoms with Crippen molar-refractivity contribution in [2.24, 2.45) is 0 Å². The Morgan fingerprint density at radius 1 is 1.42 bits per heavy atom. The second-order valence-corrected chi connectivity index (χ2v) is 3.69. The molecule has 0 aromatic heterocycles. The molecular formula is C12H14N2O5. The van der Waals surface area contributed by atoms with E-state index < -0.39 is 10.9 Å². The first kappa shape index (κ1) is 14.6. The molecule has 0 aliphatic heterocycles. The van der Waals surface area contributed by atoms with Crippen molar-refractivity contribution in [3.8, 4) is 0 Å². The van der Waals surface area contributed by atoms with E-state index >= 15 is 0 Å². The number of carbonyl (C=O) groups excluding carboxylic acids is 2. The molecule has 102 valence electrons. The summed E-state index contributed by atoms with van der Waals surface area (Å²) >= 11 is 0. The second-order valence-electron chi connectivity index (χ2n) is 3.69. The number of hydrogen-bond acceptors (Lipinski definition) is 5. The van der Waals surface area contributed by atoms with Gasteiger partial charge in [0.2, 0.25) is 5.91 Å². The molecule has 0 atom stereocenters. The second kappa shape index (κ2) is 5.94. The molecule has 0 fully saturated rings. The van der Waals surface area contributed by atoms with Crippen LogP contribution in [0.25, 0.3) is 0 Å². The summed E-state index contributed by atoms with van der Waals surface area (Å²) in [5.41, 5.74) is -0.344. The van der Waals surface area contributed by atoms with Gasteiger partial charge in [-0.2, -0.15) is 0 Å². The number of para-hydroxylation sites is 1. The standard InChI is InChI=1S/C12H14N2O5/c1-4-13(8(2)15)11-9(12(16)19-3)6-5-7-10(11)14(17)18/h5-7H,4H2,1-3H3. The molecule has 0 spiro atoms. The predicted molar refractivity (Wildman–Crippen MR) is 68.1 cm³/mol. The molecular weight excluding hydrogens is 252 g/mol. The number of esters is 1. The molecule has 0 aliphatic carbocycles. The molecule has 1 rings (SSSR count). The molecule has 0 N–H and O–H groups in total. The molecule has 1 aromatic rings. The van der Waals surface area contributed by atoms with Crippen LogP contribution in [0, 0.1) is 10.1 Å². The fourth-order valence-corrected chi connectivity index (χ4v) is 1.78. The zero-order valence-corrected chi connectivity index (χ0v) is 10.9. The van der Waals surface area contributed by atoms with E-state index in [1.54, 1.807) is 6.92 Å². The van der Waals surface area contributed by atoms with Crippen LogP contribution in [-0.2, 0) is 9.53 Å². The summed E-state index contributed by atoms with van der Waals surface area (Å²) in [5, 5.41) is 11.0. The molecule has 0 bridgehead atoms. The van der Waals surface area contributed by atoms with E-state index in [9.17, 15) is 19.7 Å². The van der Waals surface area contributed by atoms with Crippen LogP contribution in [0.15, 0.2) is 18.2 Å². The van der Waals surface area contributed by atoms with Crippen molar-refractivity contribution >= 4 is 23.3 Å². The Labute approximate surface area is 109 Å². The summed E-state index contributed by atoms with van der Waals surface area (Å²) in [5.74, 6) is -1.11. The molecule has 19 heavy (non-hydrogen) atoms. The van der Waals surface area contributed by atoms with Gasteiger partial charge in [0.1, 0.15) is 5.69 Å². The molecule has 7 heteroatoms. The largest absolute Gasteiger partial charge is 0.465 e. The normalized spacial score (nSPS) is 9.84. The summed E-state index contributed by atoms with van der Waals surface area (Å²) < 4.78 is 4.59. The van der Waals surface area contributed by atoms with Gasteiger partial charge in [-0.1, -0.05) is 6.07 Å². The van der Waals surface area contributed by atoms with Crippen LogP contribution in [0.2, 0.25) is 0 Å². The smallest absolute Gasteiger partial charge is 0.340 e. The maximum Gasteiger partial charge on any atom is 0.340 e. The monoisotopic (exact) mass is 266 g/mol. The van der Waals surface area contributed by atoms with Crippen molar-refractivity contribution in [1.29, 1.82) is 0 Å². The number of amides is 1. The number of hydrogen-bond donors (Lipinski definition) is 0. The lowest BCUT2D eigenvalue weighted by atomic mass is 10.1. The number of nitro benzene ring substituents is 1. The van der Waals surface area contributed by atoms with Gasteiger partial charge < -0.3 is 9.64 Å². The zero-order valence-electron chi connectivity index (χ0n) is 10.9.